The van der Waals surface area contributed by atoms with Crippen LogP contribution in [0.5, 0.6) is 6.01 Å². The summed E-state index contributed by atoms with van der Waals surface area (Å²) in [6.45, 7) is 21.6. The van der Waals surface area contributed by atoms with Crippen molar-refractivity contribution in [2.75, 3.05) is 50.5 Å². The summed E-state index contributed by atoms with van der Waals surface area (Å²) in [6, 6.07) is 4.07. The molecule has 232 valence electrons. The molecule has 2 aliphatic heterocycles. The standard InChI is InChI=1S/C21H28FN5O.C9H14N2O.2H2S/c1-13-6-7-17(22)14(2)19(13)27-10-8-16-18(11-27)24-21(25-20(16)23)28-12-15-5-4-9-26(15)3;1-5-9(12)11(6-2)8(3)7-10-4;;/h6-7,15H,4-5,8-12H2,1-3H3,(H2,23,24,25);5,8H,1,6-7H2,2-3H3;2*1H2/t15-;8-;;/m01../s1. The summed E-state index contributed by atoms with van der Waals surface area (Å²) < 4.78 is 20.0. The van der Waals surface area contributed by atoms with Crippen LogP contribution in [0, 0.1) is 26.2 Å². The number of carbonyl (C=O) groups excluding carboxylic acids is 1. The summed E-state index contributed by atoms with van der Waals surface area (Å²) in [5.41, 5.74) is 10.7. The molecule has 1 fully saturated rings. The smallest absolute Gasteiger partial charge is 0.318 e. The molecule has 0 spiro atoms. The van der Waals surface area contributed by atoms with Crippen molar-refractivity contribution in [3.05, 3.63) is 64.4 Å². The van der Waals surface area contributed by atoms with Gasteiger partial charge in [-0.2, -0.15) is 37.0 Å². The summed E-state index contributed by atoms with van der Waals surface area (Å²) in [5, 5.41) is 0. The van der Waals surface area contributed by atoms with Crippen LogP contribution in [0.15, 0.2) is 24.8 Å². The lowest BCUT2D eigenvalue weighted by atomic mass is 10.0. The average molecular weight is 620 g/mol. The molecule has 2 aliphatic rings. The number of hydrogen-bond donors (Lipinski definition) is 1. The third-order valence-corrected chi connectivity index (χ3v) is 7.72. The number of aromatic nitrogens is 2. The van der Waals surface area contributed by atoms with Crippen LogP contribution < -0.4 is 15.4 Å². The van der Waals surface area contributed by atoms with Crippen LogP contribution in [0.25, 0.3) is 4.85 Å². The number of hydrogen-bond acceptors (Lipinski definition) is 7. The Hall–Kier alpha value is -3.01. The highest BCUT2D eigenvalue weighted by atomic mass is 32.1. The number of likely N-dealkylation sites (N-methyl/N-ethyl adjacent to an activating group) is 2. The minimum atomic E-state index is -0.182. The first-order valence-electron chi connectivity index (χ1n) is 13.9. The first kappa shape index (κ1) is 37.0. The van der Waals surface area contributed by atoms with Crippen LogP contribution in [-0.4, -0.2) is 77.6 Å². The van der Waals surface area contributed by atoms with Gasteiger partial charge in [-0.3, -0.25) is 4.79 Å². The zero-order valence-electron chi connectivity index (χ0n) is 25.4. The van der Waals surface area contributed by atoms with Gasteiger partial charge in [-0.15, -0.1) is 0 Å². The van der Waals surface area contributed by atoms with E-state index in [9.17, 15) is 9.18 Å². The van der Waals surface area contributed by atoms with Gasteiger partial charge in [0.25, 0.3) is 0 Å². The van der Waals surface area contributed by atoms with Gasteiger partial charge in [0, 0.05) is 35.9 Å². The van der Waals surface area contributed by atoms with Gasteiger partial charge < -0.3 is 30.0 Å². The maximum Gasteiger partial charge on any atom is 0.318 e. The number of nitrogen functional groups attached to an aromatic ring is 1. The summed E-state index contributed by atoms with van der Waals surface area (Å²) in [5.74, 6) is 0.207. The maximum absolute atomic E-state index is 14.1. The Labute approximate surface area is 264 Å². The van der Waals surface area contributed by atoms with E-state index < -0.39 is 0 Å². The molecule has 0 aliphatic carbocycles. The van der Waals surface area contributed by atoms with Gasteiger partial charge in [0.1, 0.15) is 24.3 Å². The van der Waals surface area contributed by atoms with Gasteiger partial charge in [-0.25, -0.2) is 11.0 Å². The fourth-order valence-electron chi connectivity index (χ4n) is 5.38. The van der Waals surface area contributed by atoms with Gasteiger partial charge >= 0.3 is 6.01 Å². The molecule has 0 unspecified atom stereocenters. The molecule has 2 N–H and O–H groups in total. The number of benzene rings is 1. The highest BCUT2D eigenvalue weighted by molar-refractivity contribution is 7.59. The number of carbonyl (C=O) groups is 1. The summed E-state index contributed by atoms with van der Waals surface area (Å²) in [7, 11) is 2.12. The van der Waals surface area contributed by atoms with E-state index in [1.54, 1.807) is 4.90 Å². The summed E-state index contributed by atoms with van der Waals surface area (Å²) >= 11 is 0. The predicted molar refractivity (Wildman–Crippen MR) is 177 cm³/mol. The van der Waals surface area contributed by atoms with E-state index in [0.717, 1.165) is 48.4 Å². The van der Waals surface area contributed by atoms with Gasteiger partial charge in [0.15, 0.2) is 0 Å². The molecule has 1 saturated heterocycles. The Morgan fingerprint density at radius 3 is 2.64 bits per heavy atom. The Kier molecular flexibility index (Phi) is 15.1. The fraction of sp³-hybridized carbons (Fsp3) is 0.533. The van der Waals surface area contributed by atoms with Crippen molar-refractivity contribution < 1.29 is 13.9 Å². The normalized spacial score (nSPS) is 16.4. The van der Waals surface area contributed by atoms with Gasteiger partial charge in [-0.1, -0.05) is 12.6 Å². The lowest BCUT2D eigenvalue weighted by Crippen LogP contribution is -2.38. The number of aryl methyl sites for hydroxylation is 1. The second kappa shape index (κ2) is 17.2. The maximum atomic E-state index is 14.1. The molecule has 3 heterocycles. The molecular formula is C30H46FN7O2S2. The molecule has 42 heavy (non-hydrogen) atoms. The number of nitrogens with two attached hydrogens (primary N) is 1. The number of halogens is 1. The van der Waals surface area contributed by atoms with Crippen molar-refractivity contribution in [2.45, 2.75) is 65.6 Å². The monoisotopic (exact) mass is 619 g/mol. The van der Waals surface area contributed by atoms with E-state index in [4.69, 9.17) is 17.0 Å². The molecule has 1 aromatic heterocycles. The summed E-state index contributed by atoms with van der Waals surface area (Å²) in [4.78, 5) is 29.5. The Morgan fingerprint density at radius 2 is 2.05 bits per heavy atom. The average Bonchev–Trinajstić information content (AvgIpc) is 3.35. The third-order valence-electron chi connectivity index (χ3n) is 7.72. The minimum absolute atomic E-state index is 0. The lowest BCUT2D eigenvalue weighted by Gasteiger charge is -2.33. The zero-order chi connectivity index (χ0) is 29.4. The quantitative estimate of drug-likeness (QED) is 0.346. The molecule has 4 rings (SSSR count). The van der Waals surface area contributed by atoms with Crippen LogP contribution in [0.4, 0.5) is 15.9 Å². The van der Waals surface area contributed by atoms with E-state index >= 15 is 0 Å². The SMILES string of the molecule is Cc1ccc(F)c(C)c1N1CCc2c(N)nc(OC[C@@H]3CCCN3C)nc2C1.S.S.[C-]#[N+]C[C@@H](C)N(CC)C(=O)C=C. The largest absolute Gasteiger partial charge is 0.462 e. The van der Waals surface area contributed by atoms with Crippen molar-refractivity contribution in [2.24, 2.45) is 0 Å². The van der Waals surface area contributed by atoms with E-state index in [0.29, 0.717) is 49.7 Å². The van der Waals surface area contributed by atoms with Gasteiger partial charge in [0.05, 0.1) is 12.2 Å². The second-order valence-electron chi connectivity index (χ2n) is 10.4. The summed E-state index contributed by atoms with van der Waals surface area (Å²) in [6.07, 6.45) is 4.34. The molecule has 2 aromatic rings. The molecule has 0 saturated carbocycles. The molecule has 0 radical (unpaired) electrons. The molecule has 12 heteroatoms. The van der Waals surface area contributed by atoms with E-state index in [1.807, 2.05) is 33.8 Å². The molecular weight excluding hydrogens is 574 g/mol. The third kappa shape index (κ3) is 8.99. The van der Waals surface area contributed by atoms with Crippen LogP contribution in [0.1, 0.15) is 49.1 Å². The highest BCUT2D eigenvalue weighted by Gasteiger charge is 2.26. The van der Waals surface area contributed by atoms with Crippen molar-refractivity contribution in [1.29, 1.82) is 0 Å². The molecule has 1 aromatic carbocycles. The van der Waals surface area contributed by atoms with Gasteiger partial charge in [-0.05, 0) is 78.3 Å². The van der Waals surface area contributed by atoms with Crippen LogP contribution in [0.3, 0.4) is 0 Å². The van der Waals surface area contributed by atoms with Gasteiger partial charge in [0.2, 0.25) is 12.5 Å². The Morgan fingerprint density at radius 1 is 1.33 bits per heavy atom. The van der Waals surface area contributed by atoms with Crippen molar-refractivity contribution in [3.63, 3.8) is 0 Å². The van der Waals surface area contributed by atoms with E-state index in [1.165, 1.54) is 18.6 Å². The predicted octanol–water partition coefficient (Wildman–Crippen LogP) is 4.40. The van der Waals surface area contributed by atoms with Crippen LogP contribution in [0.2, 0.25) is 0 Å². The minimum Gasteiger partial charge on any atom is -0.462 e. The first-order chi connectivity index (χ1) is 19.1. The topological polar surface area (TPSA) is 92.2 Å². The van der Waals surface area contributed by atoms with Crippen LogP contribution >= 0.6 is 27.0 Å². The number of likely N-dealkylation sites (tertiary alicyclic amines) is 1. The molecule has 1 amide bonds. The first-order valence-corrected chi connectivity index (χ1v) is 13.9. The number of anilines is 2. The van der Waals surface area contributed by atoms with Crippen molar-refractivity contribution >= 4 is 44.4 Å². The fourth-order valence-corrected chi connectivity index (χ4v) is 5.38. The molecule has 0 bridgehead atoms. The van der Waals surface area contributed by atoms with Crippen LogP contribution in [-0.2, 0) is 17.8 Å². The Balaban J connectivity index is 0.000000542. The lowest BCUT2D eigenvalue weighted by molar-refractivity contribution is -0.127. The number of fused-ring (bicyclic) bond motifs is 1. The van der Waals surface area contributed by atoms with Crippen molar-refractivity contribution in [3.8, 4) is 6.01 Å². The van der Waals surface area contributed by atoms with Crippen molar-refractivity contribution in [1.82, 2.24) is 19.8 Å². The van der Waals surface area contributed by atoms with E-state index in [2.05, 4.69) is 38.2 Å². The second-order valence-corrected chi connectivity index (χ2v) is 10.4. The zero-order valence-corrected chi connectivity index (χ0v) is 27.4. The van der Waals surface area contributed by atoms with E-state index in [-0.39, 0.29) is 44.8 Å². The number of ether oxygens (including phenoxy) is 1. The Bertz CT molecular complexity index is 1260. The molecule has 9 nitrogen and oxygen atoms in total. The number of nitrogens with zero attached hydrogens (tertiary/aromatic N) is 6. The highest BCUT2D eigenvalue weighted by Crippen LogP contribution is 2.32. The molecule has 2 atom stereocenters. The number of amides is 1. The number of rotatable bonds is 8.